The van der Waals surface area contributed by atoms with Crippen molar-refractivity contribution in [3.05, 3.63) is 33.9 Å². The van der Waals surface area contributed by atoms with Crippen molar-refractivity contribution in [1.82, 2.24) is 0 Å². The summed E-state index contributed by atoms with van der Waals surface area (Å²) in [5, 5.41) is 0. The molecule has 1 amide bonds. The third-order valence-corrected chi connectivity index (χ3v) is 3.62. The lowest BCUT2D eigenvalue weighted by Gasteiger charge is -2.27. The summed E-state index contributed by atoms with van der Waals surface area (Å²) in [5.41, 5.74) is 17.1. The zero-order chi connectivity index (χ0) is 14.8. The number of rotatable bonds is 4. The normalized spacial score (nSPS) is 11.7. The molecule has 0 aliphatic carbocycles. The molecule has 1 rings (SSSR count). The van der Waals surface area contributed by atoms with Gasteiger partial charge in [-0.3, -0.25) is 4.79 Å². The molecule has 4 N–H and O–H groups in total. The maximum atomic E-state index is 11.2. The molecule has 0 aliphatic heterocycles. The smallest absolute Gasteiger partial charge is 0.221 e. The van der Waals surface area contributed by atoms with Gasteiger partial charge in [0.1, 0.15) is 0 Å². The van der Waals surface area contributed by atoms with Gasteiger partial charge >= 0.3 is 0 Å². The van der Waals surface area contributed by atoms with E-state index in [0.717, 1.165) is 17.5 Å². The van der Waals surface area contributed by atoms with Crippen LogP contribution in [0.1, 0.15) is 48.6 Å². The Hall–Kier alpha value is -1.35. The highest BCUT2D eigenvalue weighted by atomic mass is 16.1. The Morgan fingerprint density at radius 2 is 1.79 bits per heavy atom. The minimum absolute atomic E-state index is 0.0747. The van der Waals surface area contributed by atoms with Gasteiger partial charge in [0.2, 0.25) is 5.91 Å². The van der Waals surface area contributed by atoms with Crippen LogP contribution in [0.5, 0.6) is 0 Å². The van der Waals surface area contributed by atoms with Crippen LogP contribution in [0.2, 0.25) is 0 Å². The molecule has 0 saturated carbocycles. The fraction of sp³-hybridized carbons (Fsp3) is 0.562. The molecular weight excluding hydrogens is 236 g/mol. The van der Waals surface area contributed by atoms with E-state index in [1.165, 1.54) is 16.7 Å². The van der Waals surface area contributed by atoms with Gasteiger partial charge < -0.3 is 11.5 Å². The van der Waals surface area contributed by atoms with Crippen LogP contribution in [-0.2, 0) is 23.1 Å². The molecule has 0 bridgehead atoms. The largest absolute Gasteiger partial charge is 0.369 e. The molecule has 0 unspecified atom stereocenters. The van der Waals surface area contributed by atoms with Crippen LogP contribution < -0.4 is 11.5 Å². The number of hydrogen-bond donors (Lipinski definition) is 2. The average Bonchev–Trinajstić information content (AvgIpc) is 2.26. The Balaban J connectivity index is 3.49. The van der Waals surface area contributed by atoms with E-state index in [2.05, 4.69) is 33.8 Å². The quantitative estimate of drug-likeness (QED) is 0.872. The van der Waals surface area contributed by atoms with Crippen LogP contribution in [0, 0.1) is 13.8 Å². The van der Waals surface area contributed by atoms with Crippen LogP contribution >= 0.6 is 0 Å². The van der Waals surface area contributed by atoms with Crippen LogP contribution in [0.25, 0.3) is 0 Å². The van der Waals surface area contributed by atoms with Gasteiger partial charge in [0.05, 0.1) is 6.42 Å². The Kier molecular flexibility index (Phi) is 4.75. The fourth-order valence-electron chi connectivity index (χ4n) is 2.65. The molecule has 0 aromatic heterocycles. The predicted molar refractivity (Wildman–Crippen MR) is 80.3 cm³/mol. The lowest BCUT2D eigenvalue weighted by molar-refractivity contribution is -0.117. The highest BCUT2D eigenvalue weighted by Gasteiger charge is 2.22. The first-order valence-electron chi connectivity index (χ1n) is 6.79. The summed E-state index contributed by atoms with van der Waals surface area (Å²) in [6, 6.07) is 2.19. The number of carbonyl (C=O) groups is 1. The van der Waals surface area contributed by atoms with Crippen molar-refractivity contribution in [2.24, 2.45) is 11.5 Å². The number of carbonyl (C=O) groups excluding carboxylic acids is 1. The molecule has 3 nitrogen and oxygen atoms in total. The van der Waals surface area contributed by atoms with Crippen molar-refractivity contribution >= 4 is 5.91 Å². The van der Waals surface area contributed by atoms with Gasteiger partial charge in [-0.05, 0) is 60.0 Å². The molecule has 0 radical (unpaired) electrons. The Labute approximate surface area is 116 Å². The van der Waals surface area contributed by atoms with Gasteiger partial charge in [0.15, 0.2) is 0 Å². The lowest BCUT2D eigenvalue weighted by atomic mass is 9.78. The summed E-state index contributed by atoms with van der Waals surface area (Å²) in [5.74, 6) is -0.284. The Bertz CT molecular complexity index is 485. The molecule has 0 aliphatic rings. The van der Waals surface area contributed by atoms with Crippen LogP contribution in [0.15, 0.2) is 6.07 Å². The van der Waals surface area contributed by atoms with Crippen LogP contribution in [0.4, 0.5) is 0 Å². The summed E-state index contributed by atoms with van der Waals surface area (Å²) in [4.78, 5) is 11.2. The second-order valence-corrected chi connectivity index (χ2v) is 6.25. The highest BCUT2D eigenvalue weighted by Crippen LogP contribution is 2.32. The standard InChI is InChI=1S/C16H26N2O/c1-10-8-14(16(3,4)5)12(6-7-17)11(2)13(10)9-15(18)19/h8H,6-7,9,17H2,1-5H3,(H2,18,19). The zero-order valence-electron chi connectivity index (χ0n) is 12.8. The first kappa shape index (κ1) is 15.7. The van der Waals surface area contributed by atoms with Gasteiger partial charge in [-0.15, -0.1) is 0 Å². The maximum absolute atomic E-state index is 11.2. The molecule has 1 aromatic rings. The topological polar surface area (TPSA) is 69.1 Å². The predicted octanol–water partition coefficient (Wildman–Crippen LogP) is 2.13. The Morgan fingerprint density at radius 1 is 1.21 bits per heavy atom. The number of benzene rings is 1. The summed E-state index contributed by atoms with van der Waals surface area (Å²) < 4.78 is 0. The van der Waals surface area contributed by atoms with Crippen molar-refractivity contribution in [3.63, 3.8) is 0 Å². The molecule has 1 aromatic carbocycles. The number of primary amides is 1. The SMILES string of the molecule is Cc1cc(C(C)(C)C)c(CCN)c(C)c1CC(N)=O. The third kappa shape index (κ3) is 3.57. The average molecular weight is 262 g/mol. The third-order valence-electron chi connectivity index (χ3n) is 3.62. The minimum Gasteiger partial charge on any atom is -0.369 e. The van der Waals surface area contributed by atoms with Gasteiger partial charge in [0.25, 0.3) is 0 Å². The second-order valence-electron chi connectivity index (χ2n) is 6.25. The number of hydrogen-bond acceptors (Lipinski definition) is 2. The van der Waals surface area contributed by atoms with E-state index in [1.54, 1.807) is 0 Å². The summed E-state index contributed by atoms with van der Waals surface area (Å²) in [7, 11) is 0. The van der Waals surface area contributed by atoms with E-state index in [4.69, 9.17) is 11.5 Å². The van der Waals surface area contributed by atoms with Crippen LogP contribution in [-0.4, -0.2) is 12.5 Å². The Morgan fingerprint density at radius 3 is 2.21 bits per heavy atom. The summed E-state index contributed by atoms with van der Waals surface area (Å²) in [6.45, 7) is 11.3. The molecule has 0 fully saturated rings. The van der Waals surface area contributed by atoms with E-state index in [0.29, 0.717) is 13.0 Å². The summed E-state index contributed by atoms with van der Waals surface area (Å²) in [6.07, 6.45) is 1.14. The van der Waals surface area contributed by atoms with Gasteiger partial charge in [-0.2, -0.15) is 0 Å². The van der Waals surface area contributed by atoms with E-state index in [9.17, 15) is 4.79 Å². The van der Waals surface area contributed by atoms with Crippen molar-refractivity contribution in [2.45, 2.75) is 52.9 Å². The van der Waals surface area contributed by atoms with Crippen LogP contribution in [0.3, 0.4) is 0 Å². The fourth-order valence-corrected chi connectivity index (χ4v) is 2.65. The number of amides is 1. The molecule has 3 heteroatoms. The molecule has 0 saturated heterocycles. The van der Waals surface area contributed by atoms with E-state index < -0.39 is 0 Å². The minimum atomic E-state index is -0.284. The maximum Gasteiger partial charge on any atom is 0.221 e. The van der Waals surface area contributed by atoms with E-state index >= 15 is 0 Å². The summed E-state index contributed by atoms with van der Waals surface area (Å²) >= 11 is 0. The highest BCUT2D eigenvalue weighted by molar-refractivity contribution is 5.77. The van der Waals surface area contributed by atoms with E-state index in [-0.39, 0.29) is 11.3 Å². The van der Waals surface area contributed by atoms with Crippen molar-refractivity contribution < 1.29 is 4.79 Å². The molecule has 0 atom stereocenters. The number of aryl methyl sites for hydroxylation is 1. The molecule has 106 valence electrons. The molecule has 0 spiro atoms. The molecule has 0 heterocycles. The number of nitrogens with two attached hydrogens (primary N) is 2. The first-order chi connectivity index (χ1) is 8.68. The zero-order valence-corrected chi connectivity index (χ0v) is 12.8. The van der Waals surface area contributed by atoms with E-state index in [1.807, 2.05) is 6.92 Å². The second kappa shape index (κ2) is 5.74. The van der Waals surface area contributed by atoms with Gasteiger partial charge in [-0.25, -0.2) is 0 Å². The van der Waals surface area contributed by atoms with Gasteiger partial charge in [0, 0.05) is 0 Å². The molecular formula is C16H26N2O. The van der Waals surface area contributed by atoms with Crippen molar-refractivity contribution in [1.29, 1.82) is 0 Å². The van der Waals surface area contributed by atoms with Crippen molar-refractivity contribution in [2.75, 3.05) is 6.54 Å². The lowest BCUT2D eigenvalue weighted by Crippen LogP contribution is -2.21. The van der Waals surface area contributed by atoms with Crippen molar-refractivity contribution in [3.8, 4) is 0 Å². The first-order valence-corrected chi connectivity index (χ1v) is 6.79. The van der Waals surface area contributed by atoms with Gasteiger partial charge in [-0.1, -0.05) is 26.8 Å². The molecule has 19 heavy (non-hydrogen) atoms. The monoisotopic (exact) mass is 262 g/mol.